The van der Waals surface area contributed by atoms with Crippen LogP contribution in [0.3, 0.4) is 0 Å². The zero-order valence-electron chi connectivity index (χ0n) is 11.5. The largest absolute Gasteiger partial charge is 0.457 e. The maximum absolute atomic E-state index is 11.1. The average molecular weight is 254 g/mol. The highest BCUT2D eigenvalue weighted by Crippen LogP contribution is 2.37. The Bertz CT molecular complexity index is 264. The summed E-state index contributed by atoms with van der Waals surface area (Å²) in [4.78, 5) is 11.1. The van der Waals surface area contributed by atoms with Gasteiger partial charge >= 0.3 is 5.97 Å². The Morgan fingerprint density at radius 3 is 2.06 bits per heavy atom. The number of ether oxygens (including phenoxy) is 2. The van der Waals surface area contributed by atoms with Gasteiger partial charge in [-0.2, -0.15) is 0 Å². The van der Waals surface area contributed by atoms with Gasteiger partial charge in [-0.25, -0.2) is 4.79 Å². The number of hydrogen-bond donors (Lipinski definition) is 0. The molecule has 0 saturated carbocycles. The molecule has 3 nitrogen and oxygen atoms in total. The van der Waals surface area contributed by atoms with Gasteiger partial charge in [0.05, 0.1) is 0 Å². The van der Waals surface area contributed by atoms with E-state index < -0.39 is 0 Å². The molecule has 2 aliphatic heterocycles. The van der Waals surface area contributed by atoms with Crippen molar-refractivity contribution in [1.29, 1.82) is 0 Å². The number of hydrogen-bond acceptors (Lipinski definition) is 3. The lowest BCUT2D eigenvalue weighted by molar-refractivity contribution is -0.149. The van der Waals surface area contributed by atoms with Crippen LogP contribution < -0.4 is 0 Å². The SMILES string of the molecule is CCCCCCCCCCC[C@H]1OC(=O)[C@@H]2O[C@H]12. The minimum absolute atomic E-state index is 0.0621. The molecule has 0 N–H and O–H groups in total. The molecule has 2 heterocycles. The number of rotatable bonds is 10. The first-order valence-electron chi connectivity index (χ1n) is 7.69. The van der Waals surface area contributed by atoms with Crippen molar-refractivity contribution in [2.75, 3.05) is 0 Å². The highest BCUT2D eigenvalue weighted by Gasteiger charge is 2.58. The molecule has 2 aliphatic rings. The van der Waals surface area contributed by atoms with Gasteiger partial charge in [0.25, 0.3) is 0 Å². The van der Waals surface area contributed by atoms with E-state index in [4.69, 9.17) is 9.47 Å². The first kappa shape index (κ1) is 13.9. The van der Waals surface area contributed by atoms with Crippen molar-refractivity contribution in [2.24, 2.45) is 0 Å². The van der Waals surface area contributed by atoms with Crippen LogP contribution in [0.25, 0.3) is 0 Å². The molecular weight excluding hydrogens is 228 g/mol. The summed E-state index contributed by atoms with van der Waals surface area (Å²) in [6.45, 7) is 2.25. The summed E-state index contributed by atoms with van der Waals surface area (Å²) in [6, 6.07) is 0. The summed E-state index contributed by atoms with van der Waals surface area (Å²) < 4.78 is 10.5. The summed E-state index contributed by atoms with van der Waals surface area (Å²) >= 11 is 0. The Hall–Kier alpha value is -0.570. The van der Waals surface area contributed by atoms with Gasteiger partial charge in [-0.3, -0.25) is 0 Å². The Balaban J connectivity index is 1.37. The molecular formula is C15H26O3. The fraction of sp³-hybridized carbons (Fsp3) is 0.933. The molecule has 0 aromatic carbocycles. The van der Waals surface area contributed by atoms with Gasteiger partial charge in [0.15, 0.2) is 6.10 Å². The van der Waals surface area contributed by atoms with Crippen molar-refractivity contribution in [1.82, 2.24) is 0 Å². The van der Waals surface area contributed by atoms with Crippen LogP contribution in [0, 0.1) is 0 Å². The van der Waals surface area contributed by atoms with Gasteiger partial charge in [0.1, 0.15) is 12.2 Å². The maximum Gasteiger partial charge on any atom is 0.338 e. The zero-order chi connectivity index (χ0) is 12.8. The van der Waals surface area contributed by atoms with Crippen LogP contribution in [-0.4, -0.2) is 24.3 Å². The third kappa shape index (κ3) is 3.98. The van der Waals surface area contributed by atoms with Gasteiger partial charge in [-0.15, -0.1) is 0 Å². The van der Waals surface area contributed by atoms with Crippen molar-refractivity contribution in [3.63, 3.8) is 0 Å². The zero-order valence-corrected chi connectivity index (χ0v) is 11.5. The number of carbonyl (C=O) groups excluding carboxylic acids is 1. The number of cyclic esters (lactones) is 1. The molecule has 3 heteroatoms. The quantitative estimate of drug-likeness (QED) is 0.340. The van der Waals surface area contributed by atoms with E-state index in [2.05, 4.69) is 6.92 Å². The number of fused-ring (bicyclic) bond motifs is 1. The van der Waals surface area contributed by atoms with Crippen LogP contribution in [0.5, 0.6) is 0 Å². The first-order valence-corrected chi connectivity index (χ1v) is 7.69. The number of carbonyl (C=O) groups is 1. The summed E-state index contributed by atoms with van der Waals surface area (Å²) in [6.07, 6.45) is 12.9. The smallest absolute Gasteiger partial charge is 0.338 e. The van der Waals surface area contributed by atoms with Crippen molar-refractivity contribution < 1.29 is 14.3 Å². The third-order valence-electron chi connectivity index (χ3n) is 3.98. The predicted molar refractivity (Wildman–Crippen MR) is 70.4 cm³/mol. The lowest BCUT2D eigenvalue weighted by Gasteiger charge is -2.10. The fourth-order valence-electron chi connectivity index (χ4n) is 2.76. The summed E-state index contributed by atoms with van der Waals surface area (Å²) in [5.74, 6) is -0.138. The Labute approximate surface area is 110 Å². The maximum atomic E-state index is 11.1. The number of epoxide rings is 1. The third-order valence-corrected chi connectivity index (χ3v) is 3.98. The minimum Gasteiger partial charge on any atom is -0.457 e. The lowest BCUT2D eigenvalue weighted by Crippen LogP contribution is -2.15. The van der Waals surface area contributed by atoms with Crippen LogP contribution >= 0.6 is 0 Å². The van der Waals surface area contributed by atoms with Crippen molar-refractivity contribution >= 4 is 5.97 Å². The second kappa shape index (κ2) is 7.13. The van der Waals surface area contributed by atoms with Gasteiger partial charge in [-0.1, -0.05) is 58.3 Å². The van der Waals surface area contributed by atoms with Crippen LogP contribution in [0.1, 0.15) is 71.1 Å². The Kier molecular flexibility index (Phi) is 5.48. The molecule has 2 saturated heterocycles. The normalized spacial score (nSPS) is 29.2. The first-order chi connectivity index (χ1) is 8.83. The summed E-state index contributed by atoms with van der Waals surface area (Å²) in [7, 11) is 0. The Morgan fingerprint density at radius 1 is 0.944 bits per heavy atom. The lowest BCUT2D eigenvalue weighted by atomic mass is 10.0. The highest BCUT2D eigenvalue weighted by atomic mass is 16.7. The van der Waals surface area contributed by atoms with Gasteiger partial charge < -0.3 is 9.47 Å². The van der Waals surface area contributed by atoms with E-state index in [0.29, 0.717) is 0 Å². The molecule has 0 unspecified atom stereocenters. The van der Waals surface area contributed by atoms with Crippen LogP contribution in [0.2, 0.25) is 0 Å². The molecule has 2 fully saturated rings. The number of unbranched alkanes of at least 4 members (excludes halogenated alkanes) is 8. The molecule has 0 amide bonds. The molecule has 18 heavy (non-hydrogen) atoms. The summed E-state index contributed by atoms with van der Waals surface area (Å²) in [5, 5.41) is 0. The molecule has 3 atom stereocenters. The highest BCUT2D eigenvalue weighted by molar-refractivity contribution is 5.81. The van der Waals surface area contributed by atoms with E-state index in [1.807, 2.05) is 0 Å². The molecule has 0 bridgehead atoms. The minimum atomic E-state index is -0.200. The molecule has 0 aromatic heterocycles. The fourth-order valence-corrected chi connectivity index (χ4v) is 2.76. The number of esters is 1. The van der Waals surface area contributed by atoms with E-state index in [1.54, 1.807) is 0 Å². The van der Waals surface area contributed by atoms with Gasteiger partial charge in [0, 0.05) is 0 Å². The predicted octanol–water partition coefficient (Wildman–Crippen LogP) is 3.60. The summed E-state index contributed by atoms with van der Waals surface area (Å²) in [5.41, 5.74) is 0. The van der Waals surface area contributed by atoms with Gasteiger partial charge in [0.2, 0.25) is 0 Å². The average Bonchev–Trinajstić information content (AvgIpc) is 3.10. The van der Waals surface area contributed by atoms with Crippen molar-refractivity contribution in [2.45, 2.75) is 89.4 Å². The molecule has 0 aromatic rings. The van der Waals surface area contributed by atoms with Crippen molar-refractivity contribution in [3.8, 4) is 0 Å². The van der Waals surface area contributed by atoms with E-state index in [9.17, 15) is 4.79 Å². The van der Waals surface area contributed by atoms with Crippen molar-refractivity contribution in [3.05, 3.63) is 0 Å². The van der Waals surface area contributed by atoms with E-state index in [-0.39, 0.29) is 24.3 Å². The Morgan fingerprint density at radius 2 is 1.56 bits per heavy atom. The molecule has 0 spiro atoms. The van der Waals surface area contributed by atoms with E-state index >= 15 is 0 Å². The van der Waals surface area contributed by atoms with Gasteiger partial charge in [-0.05, 0) is 12.8 Å². The van der Waals surface area contributed by atoms with Crippen LogP contribution in [0.15, 0.2) is 0 Å². The molecule has 2 rings (SSSR count). The molecule has 104 valence electrons. The molecule has 0 radical (unpaired) electrons. The topological polar surface area (TPSA) is 38.8 Å². The van der Waals surface area contributed by atoms with E-state index in [0.717, 1.165) is 6.42 Å². The molecule has 0 aliphatic carbocycles. The van der Waals surface area contributed by atoms with Crippen LogP contribution in [0.4, 0.5) is 0 Å². The second-order valence-corrected chi connectivity index (χ2v) is 5.61. The van der Waals surface area contributed by atoms with E-state index in [1.165, 1.54) is 57.8 Å². The standard InChI is InChI=1S/C15H26O3/c1-2-3-4-5-6-7-8-9-10-11-12-13-14(18-13)15(16)17-12/h12-14H,2-11H2,1H3/t12-,13-,14-/m1/s1. The monoisotopic (exact) mass is 254 g/mol. The van der Waals surface area contributed by atoms with Crippen LogP contribution in [-0.2, 0) is 14.3 Å². The second-order valence-electron chi connectivity index (χ2n) is 5.61.